The lowest BCUT2D eigenvalue weighted by atomic mass is 10.0. The van der Waals surface area contributed by atoms with E-state index in [0.29, 0.717) is 22.1 Å². The predicted octanol–water partition coefficient (Wildman–Crippen LogP) is 3.61. The number of hydrogen-bond acceptors (Lipinski definition) is 5. The summed E-state index contributed by atoms with van der Waals surface area (Å²) in [4.78, 5) is 28.1. The van der Waals surface area contributed by atoms with Crippen LogP contribution in [0.2, 0.25) is 5.02 Å². The summed E-state index contributed by atoms with van der Waals surface area (Å²) in [6, 6.07) is 22.2. The van der Waals surface area contributed by atoms with E-state index in [2.05, 4.69) is 5.32 Å². The summed E-state index contributed by atoms with van der Waals surface area (Å²) in [6.07, 6.45) is 0. The van der Waals surface area contributed by atoms with Gasteiger partial charge in [0.1, 0.15) is 17.5 Å². The molecule has 0 radical (unpaired) electrons. The van der Waals surface area contributed by atoms with Crippen molar-refractivity contribution in [2.24, 2.45) is 0 Å². The highest BCUT2D eigenvalue weighted by Gasteiger charge is 2.31. The second kappa shape index (κ2) is 12.6. The number of nitrogens with one attached hydrogen (secondary N) is 1. The molecule has 2 amide bonds. The molecule has 0 heterocycles. The van der Waals surface area contributed by atoms with Crippen LogP contribution in [0.1, 0.15) is 17.2 Å². The Labute approximate surface area is 203 Å². The average Bonchev–Trinajstić information content (AvgIpc) is 2.87. The SMILES string of the molecule is COc1ccc(CN(C(=O)COc2ccccc2Cl)[C@H](C(=O)NCCO)c2ccccc2)cc1. The van der Waals surface area contributed by atoms with Crippen LogP contribution < -0.4 is 14.8 Å². The number of carbonyl (C=O) groups is 2. The van der Waals surface area contributed by atoms with Gasteiger partial charge in [-0.05, 0) is 35.4 Å². The number of carbonyl (C=O) groups excluding carboxylic acids is 2. The number of rotatable bonds is 11. The molecule has 0 bridgehead atoms. The van der Waals surface area contributed by atoms with Gasteiger partial charge >= 0.3 is 0 Å². The molecule has 0 spiro atoms. The standard InChI is InChI=1S/C26H27ClN2O5/c1-33-21-13-11-19(12-14-21)17-29(24(31)18-34-23-10-6-5-9-22(23)27)25(26(32)28-15-16-30)20-7-3-2-4-8-20/h2-14,25,30H,15-18H2,1H3,(H,28,32)/t25-/m0/s1. The summed E-state index contributed by atoms with van der Waals surface area (Å²) in [5.74, 6) is 0.260. The Hall–Kier alpha value is -3.55. The van der Waals surface area contributed by atoms with Crippen molar-refractivity contribution in [2.45, 2.75) is 12.6 Å². The minimum atomic E-state index is -0.933. The number of aliphatic hydroxyl groups excluding tert-OH is 1. The number of methoxy groups -OCH3 is 1. The van der Waals surface area contributed by atoms with Crippen molar-refractivity contribution >= 4 is 23.4 Å². The smallest absolute Gasteiger partial charge is 0.261 e. The topological polar surface area (TPSA) is 88.1 Å². The molecule has 3 rings (SSSR count). The van der Waals surface area contributed by atoms with Gasteiger partial charge in [-0.1, -0.05) is 66.2 Å². The van der Waals surface area contributed by atoms with E-state index in [1.807, 2.05) is 18.2 Å². The first-order valence-corrected chi connectivity index (χ1v) is 11.1. The molecule has 3 aromatic rings. The second-order valence-corrected chi connectivity index (χ2v) is 7.82. The zero-order valence-corrected chi connectivity index (χ0v) is 19.6. The highest BCUT2D eigenvalue weighted by molar-refractivity contribution is 6.32. The van der Waals surface area contributed by atoms with Crippen LogP contribution in [0.25, 0.3) is 0 Å². The summed E-state index contributed by atoms with van der Waals surface area (Å²) in [5.41, 5.74) is 1.44. The maximum absolute atomic E-state index is 13.5. The minimum Gasteiger partial charge on any atom is -0.497 e. The third-order valence-corrected chi connectivity index (χ3v) is 5.42. The van der Waals surface area contributed by atoms with E-state index in [0.717, 1.165) is 5.56 Å². The van der Waals surface area contributed by atoms with Crippen LogP contribution in [0, 0.1) is 0 Å². The van der Waals surface area contributed by atoms with Gasteiger partial charge in [-0.15, -0.1) is 0 Å². The van der Waals surface area contributed by atoms with Gasteiger partial charge < -0.3 is 24.8 Å². The molecule has 2 N–H and O–H groups in total. The predicted molar refractivity (Wildman–Crippen MR) is 130 cm³/mol. The van der Waals surface area contributed by atoms with Gasteiger partial charge in [0.25, 0.3) is 5.91 Å². The monoisotopic (exact) mass is 482 g/mol. The van der Waals surface area contributed by atoms with Gasteiger partial charge in [0.05, 0.1) is 18.7 Å². The first-order chi connectivity index (χ1) is 16.5. The number of amides is 2. The van der Waals surface area contributed by atoms with Gasteiger partial charge in [0, 0.05) is 13.1 Å². The van der Waals surface area contributed by atoms with Crippen LogP contribution >= 0.6 is 11.6 Å². The molecule has 0 fully saturated rings. The molecule has 178 valence electrons. The van der Waals surface area contributed by atoms with Gasteiger partial charge in [-0.2, -0.15) is 0 Å². The fourth-order valence-corrected chi connectivity index (χ4v) is 3.61. The first-order valence-electron chi connectivity index (χ1n) is 10.8. The molecule has 0 aliphatic carbocycles. The minimum absolute atomic E-state index is 0.0723. The number of halogens is 1. The van der Waals surface area contributed by atoms with E-state index in [1.54, 1.807) is 67.8 Å². The Bertz CT molecular complexity index is 1080. The van der Waals surface area contributed by atoms with Crippen molar-refractivity contribution in [1.82, 2.24) is 10.2 Å². The zero-order valence-electron chi connectivity index (χ0n) is 18.8. The van der Waals surface area contributed by atoms with Crippen LogP contribution in [0.15, 0.2) is 78.9 Å². The Morgan fingerprint density at radius 3 is 2.32 bits per heavy atom. The van der Waals surface area contributed by atoms with Crippen molar-refractivity contribution in [3.05, 3.63) is 95.0 Å². The largest absolute Gasteiger partial charge is 0.497 e. The number of hydrogen-bond donors (Lipinski definition) is 2. The normalized spacial score (nSPS) is 11.4. The van der Waals surface area contributed by atoms with Crippen LogP contribution in [0.4, 0.5) is 0 Å². The van der Waals surface area contributed by atoms with E-state index >= 15 is 0 Å². The number of nitrogens with zero attached hydrogens (tertiary/aromatic N) is 1. The average molecular weight is 483 g/mol. The maximum Gasteiger partial charge on any atom is 0.261 e. The first kappa shape index (κ1) is 25.1. The van der Waals surface area contributed by atoms with Crippen LogP contribution in [0.5, 0.6) is 11.5 Å². The van der Waals surface area contributed by atoms with Gasteiger partial charge in [0.2, 0.25) is 5.91 Å². The fourth-order valence-electron chi connectivity index (χ4n) is 3.42. The Kier molecular flexibility index (Phi) is 9.31. The molecule has 1 atom stereocenters. The third-order valence-electron chi connectivity index (χ3n) is 5.11. The Morgan fingerprint density at radius 2 is 1.68 bits per heavy atom. The zero-order chi connectivity index (χ0) is 24.3. The molecule has 0 aliphatic rings. The number of aliphatic hydroxyl groups is 1. The molecule has 0 saturated carbocycles. The lowest BCUT2D eigenvalue weighted by molar-refractivity contribution is -0.143. The second-order valence-electron chi connectivity index (χ2n) is 7.42. The molecule has 8 heteroatoms. The highest BCUT2D eigenvalue weighted by Crippen LogP contribution is 2.26. The highest BCUT2D eigenvalue weighted by atomic mass is 35.5. The lowest BCUT2D eigenvalue weighted by Crippen LogP contribution is -2.45. The summed E-state index contributed by atoms with van der Waals surface area (Å²) in [5, 5.41) is 12.3. The molecule has 7 nitrogen and oxygen atoms in total. The fraction of sp³-hybridized carbons (Fsp3) is 0.231. The molecule has 0 unspecified atom stereocenters. The van der Waals surface area contributed by atoms with Crippen molar-refractivity contribution < 1.29 is 24.2 Å². The van der Waals surface area contributed by atoms with Crippen molar-refractivity contribution in [3.8, 4) is 11.5 Å². The molecular formula is C26H27ClN2O5. The molecule has 34 heavy (non-hydrogen) atoms. The number of para-hydroxylation sites is 1. The summed E-state index contributed by atoms with van der Waals surface area (Å²) in [7, 11) is 1.58. The third kappa shape index (κ3) is 6.73. The van der Waals surface area contributed by atoms with Crippen LogP contribution in [-0.4, -0.2) is 48.7 Å². The molecule has 0 saturated heterocycles. The van der Waals surface area contributed by atoms with E-state index in [9.17, 15) is 14.7 Å². The van der Waals surface area contributed by atoms with Crippen LogP contribution in [0.3, 0.4) is 0 Å². The van der Waals surface area contributed by atoms with E-state index in [-0.39, 0.29) is 26.3 Å². The van der Waals surface area contributed by atoms with Gasteiger partial charge in [-0.25, -0.2) is 0 Å². The number of benzene rings is 3. The van der Waals surface area contributed by atoms with Crippen molar-refractivity contribution in [3.63, 3.8) is 0 Å². The van der Waals surface area contributed by atoms with E-state index in [1.165, 1.54) is 4.90 Å². The summed E-state index contributed by atoms with van der Waals surface area (Å²) < 4.78 is 10.9. The van der Waals surface area contributed by atoms with Gasteiger partial charge in [0.15, 0.2) is 6.61 Å². The Morgan fingerprint density at radius 1 is 1.00 bits per heavy atom. The quantitative estimate of drug-likeness (QED) is 0.436. The van der Waals surface area contributed by atoms with Crippen molar-refractivity contribution in [2.75, 3.05) is 26.9 Å². The summed E-state index contributed by atoms with van der Waals surface area (Å²) in [6.45, 7) is -0.296. The molecular weight excluding hydrogens is 456 g/mol. The van der Waals surface area contributed by atoms with Crippen molar-refractivity contribution in [1.29, 1.82) is 0 Å². The van der Waals surface area contributed by atoms with Crippen LogP contribution in [-0.2, 0) is 16.1 Å². The van der Waals surface area contributed by atoms with E-state index < -0.39 is 17.9 Å². The lowest BCUT2D eigenvalue weighted by Gasteiger charge is -2.31. The summed E-state index contributed by atoms with van der Waals surface area (Å²) >= 11 is 6.16. The Balaban J connectivity index is 1.93. The molecule has 0 aliphatic heterocycles. The molecule has 3 aromatic carbocycles. The number of ether oxygens (including phenoxy) is 2. The molecule has 0 aromatic heterocycles. The van der Waals surface area contributed by atoms with E-state index in [4.69, 9.17) is 21.1 Å². The maximum atomic E-state index is 13.5. The van der Waals surface area contributed by atoms with Gasteiger partial charge in [-0.3, -0.25) is 9.59 Å².